The molecule has 100 valence electrons. The predicted molar refractivity (Wildman–Crippen MR) is 75.0 cm³/mol. The van der Waals surface area contributed by atoms with Crippen molar-refractivity contribution < 1.29 is 4.74 Å². The topological polar surface area (TPSA) is 33.3 Å². The number of hydrogen-bond donors (Lipinski definition) is 2. The van der Waals surface area contributed by atoms with Crippen LogP contribution in [0.5, 0.6) is 5.75 Å². The predicted octanol–water partition coefficient (Wildman–Crippen LogP) is 2.23. The van der Waals surface area contributed by atoms with Crippen molar-refractivity contribution in [2.45, 2.75) is 45.8 Å². The van der Waals surface area contributed by atoms with Crippen LogP contribution >= 0.6 is 0 Å². The van der Waals surface area contributed by atoms with Crippen molar-refractivity contribution in [3.05, 3.63) is 28.8 Å². The molecule has 0 aliphatic carbocycles. The molecule has 0 aromatic heterocycles. The molecular formula is C15H24N2O. The first-order valence-corrected chi connectivity index (χ1v) is 6.87. The summed E-state index contributed by atoms with van der Waals surface area (Å²) in [6.45, 7) is 7.33. The van der Waals surface area contributed by atoms with Crippen molar-refractivity contribution in [2.75, 3.05) is 13.7 Å². The third-order valence-corrected chi connectivity index (χ3v) is 3.51. The molecule has 1 aliphatic heterocycles. The Morgan fingerprint density at radius 2 is 2.22 bits per heavy atom. The van der Waals surface area contributed by atoms with E-state index in [4.69, 9.17) is 4.74 Å². The average molecular weight is 248 g/mol. The Kier molecular flexibility index (Phi) is 4.61. The molecule has 1 unspecified atom stereocenters. The zero-order valence-corrected chi connectivity index (χ0v) is 11.7. The Labute approximate surface area is 110 Å². The molecule has 18 heavy (non-hydrogen) atoms. The first kappa shape index (κ1) is 13.4. The summed E-state index contributed by atoms with van der Waals surface area (Å²) >= 11 is 0. The second-order valence-electron chi connectivity index (χ2n) is 5.10. The molecule has 1 aromatic rings. The van der Waals surface area contributed by atoms with E-state index in [0.717, 1.165) is 38.2 Å². The summed E-state index contributed by atoms with van der Waals surface area (Å²) in [5.74, 6) is 1.01. The van der Waals surface area contributed by atoms with E-state index in [9.17, 15) is 0 Å². The minimum Gasteiger partial charge on any atom is -0.496 e. The van der Waals surface area contributed by atoms with Gasteiger partial charge in [0.2, 0.25) is 0 Å². The number of methoxy groups -OCH3 is 1. The first-order valence-electron chi connectivity index (χ1n) is 6.87. The number of benzene rings is 1. The third kappa shape index (κ3) is 3.03. The first-order chi connectivity index (χ1) is 8.74. The lowest BCUT2D eigenvalue weighted by Gasteiger charge is -2.25. The fourth-order valence-corrected chi connectivity index (χ4v) is 2.49. The van der Waals surface area contributed by atoms with Gasteiger partial charge in [-0.15, -0.1) is 0 Å². The molecule has 0 spiro atoms. The van der Waals surface area contributed by atoms with Gasteiger partial charge in [-0.2, -0.15) is 0 Å². The van der Waals surface area contributed by atoms with Gasteiger partial charge in [0.25, 0.3) is 0 Å². The lowest BCUT2D eigenvalue weighted by atomic mass is 9.94. The van der Waals surface area contributed by atoms with E-state index in [2.05, 4.69) is 36.6 Å². The molecule has 2 N–H and O–H groups in total. The van der Waals surface area contributed by atoms with Crippen molar-refractivity contribution in [2.24, 2.45) is 0 Å². The van der Waals surface area contributed by atoms with Gasteiger partial charge in [-0.1, -0.05) is 13.0 Å². The highest BCUT2D eigenvalue weighted by atomic mass is 16.5. The van der Waals surface area contributed by atoms with E-state index in [1.54, 1.807) is 7.11 Å². The molecule has 3 heteroatoms. The molecule has 3 nitrogen and oxygen atoms in total. The molecule has 1 atom stereocenters. The van der Waals surface area contributed by atoms with Gasteiger partial charge in [0.15, 0.2) is 0 Å². The van der Waals surface area contributed by atoms with Crippen LogP contribution in [0.1, 0.15) is 37.0 Å². The van der Waals surface area contributed by atoms with Gasteiger partial charge in [0.1, 0.15) is 5.75 Å². The van der Waals surface area contributed by atoms with Crippen molar-refractivity contribution in [1.82, 2.24) is 10.6 Å². The highest BCUT2D eigenvalue weighted by Gasteiger charge is 2.17. The van der Waals surface area contributed by atoms with Gasteiger partial charge in [-0.25, -0.2) is 0 Å². The molecule has 0 radical (unpaired) electrons. The maximum absolute atomic E-state index is 5.50. The molecule has 0 bridgehead atoms. The Bertz CT molecular complexity index is 404. The normalized spacial score (nSPS) is 18.5. The summed E-state index contributed by atoms with van der Waals surface area (Å²) in [5.41, 5.74) is 4.12. The van der Waals surface area contributed by atoms with E-state index in [0.29, 0.717) is 6.04 Å². The maximum atomic E-state index is 5.50. The number of ether oxygens (including phenoxy) is 1. The summed E-state index contributed by atoms with van der Waals surface area (Å²) in [6, 6.07) is 5.08. The third-order valence-electron chi connectivity index (χ3n) is 3.51. The number of hydrogen-bond acceptors (Lipinski definition) is 3. The smallest absolute Gasteiger partial charge is 0.123 e. The highest BCUT2D eigenvalue weighted by Crippen LogP contribution is 2.26. The average Bonchev–Trinajstić information content (AvgIpc) is 2.38. The zero-order chi connectivity index (χ0) is 13.0. The van der Waals surface area contributed by atoms with Crippen LogP contribution in [0.3, 0.4) is 0 Å². The SMILES string of the molecule is CCCNCc1cc2c(cc1OC)CNC(C)C2. The lowest BCUT2D eigenvalue weighted by molar-refractivity contribution is 0.405. The van der Waals surface area contributed by atoms with E-state index in [1.165, 1.54) is 16.7 Å². The van der Waals surface area contributed by atoms with Gasteiger partial charge in [-0.3, -0.25) is 0 Å². The lowest BCUT2D eigenvalue weighted by Crippen LogP contribution is -2.33. The van der Waals surface area contributed by atoms with Crippen LogP contribution in [0, 0.1) is 0 Å². The minimum absolute atomic E-state index is 0.572. The largest absolute Gasteiger partial charge is 0.496 e. The van der Waals surface area contributed by atoms with Crippen LogP contribution in [-0.2, 0) is 19.5 Å². The Hall–Kier alpha value is -1.06. The zero-order valence-electron chi connectivity index (χ0n) is 11.7. The number of fused-ring (bicyclic) bond motifs is 1. The molecule has 1 heterocycles. The maximum Gasteiger partial charge on any atom is 0.123 e. The van der Waals surface area contributed by atoms with E-state index in [1.807, 2.05) is 0 Å². The minimum atomic E-state index is 0.572. The van der Waals surface area contributed by atoms with Crippen LogP contribution in [0.15, 0.2) is 12.1 Å². The summed E-state index contributed by atoms with van der Waals surface area (Å²) in [5, 5.41) is 6.94. The molecule has 1 aliphatic rings. The van der Waals surface area contributed by atoms with Gasteiger partial charge < -0.3 is 15.4 Å². The van der Waals surface area contributed by atoms with Crippen molar-refractivity contribution in [3.8, 4) is 5.75 Å². The molecule has 0 saturated heterocycles. The molecular weight excluding hydrogens is 224 g/mol. The summed E-state index contributed by atoms with van der Waals surface area (Å²) in [6.07, 6.45) is 2.27. The standard InChI is InChI=1S/C15H24N2O/c1-4-5-16-9-14-7-12-6-11(2)17-10-13(12)8-15(14)18-3/h7-8,11,16-17H,4-6,9-10H2,1-3H3. The molecule has 1 aromatic carbocycles. The quantitative estimate of drug-likeness (QED) is 0.784. The van der Waals surface area contributed by atoms with Gasteiger partial charge in [0, 0.05) is 24.7 Å². The van der Waals surface area contributed by atoms with Crippen LogP contribution in [0.25, 0.3) is 0 Å². The number of nitrogens with one attached hydrogen (secondary N) is 2. The van der Waals surface area contributed by atoms with Gasteiger partial charge in [-0.05, 0) is 43.5 Å². The second kappa shape index (κ2) is 6.21. The van der Waals surface area contributed by atoms with Crippen molar-refractivity contribution >= 4 is 0 Å². The van der Waals surface area contributed by atoms with E-state index in [-0.39, 0.29) is 0 Å². The van der Waals surface area contributed by atoms with Crippen LogP contribution in [0.4, 0.5) is 0 Å². The second-order valence-corrected chi connectivity index (χ2v) is 5.10. The van der Waals surface area contributed by atoms with E-state index >= 15 is 0 Å². The fraction of sp³-hybridized carbons (Fsp3) is 0.600. The Morgan fingerprint density at radius 1 is 1.39 bits per heavy atom. The summed E-state index contributed by atoms with van der Waals surface area (Å²) < 4.78 is 5.50. The molecule has 0 amide bonds. The molecule has 0 saturated carbocycles. The Morgan fingerprint density at radius 3 is 2.94 bits per heavy atom. The number of rotatable bonds is 5. The van der Waals surface area contributed by atoms with Crippen LogP contribution in [-0.4, -0.2) is 19.7 Å². The molecule has 0 fully saturated rings. The van der Waals surface area contributed by atoms with Crippen molar-refractivity contribution in [3.63, 3.8) is 0 Å². The highest BCUT2D eigenvalue weighted by molar-refractivity contribution is 5.44. The van der Waals surface area contributed by atoms with Crippen molar-refractivity contribution in [1.29, 1.82) is 0 Å². The van der Waals surface area contributed by atoms with Gasteiger partial charge in [0.05, 0.1) is 7.11 Å². The van der Waals surface area contributed by atoms with Crippen LogP contribution in [0.2, 0.25) is 0 Å². The van der Waals surface area contributed by atoms with Crippen LogP contribution < -0.4 is 15.4 Å². The summed E-state index contributed by atoms with van der Waals surface area (Å²) in [7, 11) is 1.75. The van der Waals surface area contributed by atoms with E-state index < -0.39 is 0 Å². The fourth-order valence-electron chi connectivity index (χ4n) is 2.49. The Balaban J connectivity index is 2.19. The van der Waals surface area contributed by atoms with Gasteiger partial charge >= 0.3 is 0 Å². The summed E-state index contributed by atoms with van der Waals surface area (Å²) in [4.78, 5) is 0. The molecule has 2 rings (SSSR count). The monoisotopic (exact) mass is 248 g/mol.